The molecule has 5 heteroatoms. The predicted molar refractivity (Wildman–Crippen MR) is 88.5 cm³/mol. The molecule has 0 spiro atoms. The number of amides is 1. The molecule has 1 amide bonds. The highest BCUT2D eigenvalue weighted by Gasteiger charge is 2.10. The summed E-state index contributed by atoms with van der Waals surface area (Å²) in [7, 11) is 0. The molecule has 2 N–H and O–H groups in total. The molecule has 23 heavy (non-hydrogen) atoms. The van der Waals surface area contributed by atoms with Crippen LogP contribution in [0.25, 0.3) is 0 Å². The van der Waals surface area contributed by atoms with E-state index in [1.54, 1.807) is 19.1 Å². The van der Waals surface area contributed by atoms with Gasteiger partial charge in [-0.15, -0.1) is 0 Å². The van der Waals surface area contributed by atoms with Gasteiger partial charge in [-0.3, -0.25) is 4.79 Å². The monoisotopic (exact) mass is 314 g/mol. The molecule has 0 aliphatic rings. The molecule has 0 bridgehead atoms. The van der Waals surface area contributed by atoms with Gasteiger partial charge in [0.05, 0.1) is 11.7 Å². The van der Waals surface area contributed by atoms with Crippen molar-refractivity contribution in [2.24, 2.45) is 5.92 Å². The molecule has 2 unspecified atom stereocenters. The summed E-state index contributed by atoms with van der Waals surface area (Å²) in [6.45, 7) is 4.25. The number of ether oxygens (including phenoxy) is 1. The number of aromatic nitrogens is 1. The van der Waals surface area contributed by atoms with Crippen LogP contribution in [0.1, 0.15) is 30.6 Å². The van der Waals surface area contributed by atoms with E-state index >= 15 is 0 Å². The third-order valence-corrected chi connectivity index (χ3v) is 3.32. The summed E-state index contributed by atoms with van der Waals surface area (Å²) in [5.41, 5.74) is 0.481. The van der Waals surface area contributed by atoms with Gasteiger partial charge in [-0.25, -0.2) is 4.98 Å². The van der Waals surface area contributed by atoms with E-state index in [1.807, 2.05) is 37.3 Å². The summed E-state index contributed by atoms with van der Waals surface area (Å²) in [5, 5.41) is 12.2. The van der Waals surface area contributed by atoms with Gasteiger partial charge >= 0.3 is 0 Å². The molecule has 1 aromatic heterocycles. The normalized spacial score (nSPS) is 13.2. The van der Waals surface area contributed by atoms with Gasteiger partial charge in [0.25, 0.3) is 5.91 Å². The lowest BCUT2D eigenvalue weighted by atomic mass is 10.0. The first kappa shape index (κ1) is 17.0. The zero-order chi connectivity index (χ0) is 16.7. The van der Waals surface area contributed by atoms with Crippen LogP contribution >= 0.6 is 0 Å². The van der Waals surface area contributed by atoms with Gasteiger partial charge in [-0.05, 0) is 37.5 Å². The van der Waals surface area contributed by atoms with Gasteiger partial charge in [0, 0.05) is 18.8 Å². The Labute approximate surface area is 136 Å². The lowest BCUT2D eigenvalue weighted by Gasteiger charge is -2.14. The average Bonchev–Trinajstić information content (AvgIpc) is 2.54. The number of para-hydroxylation sites is 1. The summed E-state index contributed by atoms with van der Waals surface area (Å²) in [5.74, 6) is 1.17. The fourth-order valence-electron chi connectivity index (χ4n) is 2.22. The second-order valence-electron chi connectivity index (χ2n) is 5.70. The van der Waals surface area contributed by atoms with Crippen molar-refractivity contribution in [3.05, 3.63) is 54.2 Å². The van der Waals surface area contributed by atoms with Crippen molar-refractivity contribution < 1.29 is 14.6 Å². The van der Waals surface area contributed by atoms with E-state index < -0.39 is 0 Å². The number of benzene rings is 1. The molecule has 0 aliphatic heterocycles. The third-order valence-electron chi connectivity index (χ3n) is 3.32. The first-order valence-electron chi connectivity index (χ1n) is 7.70. The van der Waals surface area contributed by atoms with Gasteiger partial charge in [0.15, 0.2) is 0 Å². The van der Waals surface area contributed by atoms with Crippen molar-refractivity contribution in [3.8, 4) is 11.6 Å². The quantitative estimate of drug-likeness (QED) is 0.824. The predicted octanol–water partition coefficient (Wildman–Crippen LogP) is 3.01. The van der Waals surface area contributed by atoms with Crippen molar-refractivity contribution in [2.45, 2.75) is 26.4 Å². The van der Waals surface area contributed by atoms with E-state index in [1.165, 1.54) is 6.20 Å². The maximum Gasteiger partial charge on any atom is 0.252 e. The zero-order valence-electron chi connectivity index (χ0n) is 13.4. The minimum absolute atomic E-state index is 0.179. The summed E-state index contributed by atoms with van der Waals surface area (Å²) in [4.78, 5) is 16.2. The van der Waals surface area contributed by atoms with Crippen molar-refractivity contribution in [2.75, 3.05) is 6.54 Å². The van der Waals surface area contributed by atoms with Crippen LogP contribution in [-0.2, 0) is 0 Å². The van der Waals surface area contributed by atoms with Gasteiger partial charge in [0.2, 0.25) is 5.88 Å². The Morgan fingerprint density at radius 2 is 1.96 bits per heavy atom. The second-order valence-corrected chi connectivity index (χ2v) is 5.70. The molecule has 0 fully saturated rings. The van der Waals surface area contributed by atoms with Gasteiger partial charge < -0.3 is 15.2 Å². The average molecular weight is 314 g/mol. The zero-order valence-corrected chi connectivity index (χ0v) is 13.4. The minimum atomic E-state index is -0.363. The molecule has 0 radical (unpaired) electrons. The third kappa shape index (κ3) is 5.71. The lowest BCUT2D eigenvalue weighted by molar-refractivity contribution is 0.0939. The smallest absolute Gasteiger partial charge is 0.252 e. The summed E-state index contributed by atoms with van der Waals surface area (Å²) in [6.07, 6.45) is 1.79. The maximum atomic E-state index is 12.1. The minimum Gasteiger partial charge on any atom is -0.439 e. The maximum absolute atomic E-state index is 12.1. The molecule has 2 aromatic rings. The standard InChI is InChI=1S/C18H22N2O3/c1-13(10-14(2)21)11-20-18(22)15-8-9-17(19-12-15)23-16-6-4-3-5-7-16/h3-9,12-14,21H,10-11H2,1-2H3,(H,20,22). The van der Waals surface area contributed by atoms with E-state index in [2.05, 4.69) is 10.3 Å². The molecule has 0 aliphatic carbocycles. The first-order chi connectivity index (χ1) is 11.0. The van der Waals surface area contributed by atoms with E-state index in [4.69, 9.17) is 4.74 Å². The number of carbonyl (C=O) groups is 1. The summed E-state index contributed by atoms with van der Waals surface area (Å²) >= 11 is 0. The fourth-order valence-corrected chi connectivity index (χ4v) is 2.22. The highest BCUT2D eigenvalue weighted by atomic mass is 16.5. The second kappa shape index (κ2) is 8.29. The topological polar surface area (TPSA) is 71.5 Å². The number of rotatable bonds is 7. The molecule has 0 saturated heterocycles. The molecule has 1 aromatic carbocycles. The van der Waals surface area contributed by atoms with Gasteiger partial charge in [-0.1, -0.05) is 25.1 Å². The number of pyridine rings is 1. The Morgan fingerprint density at radius 3 is 2.57 bits per heavy atom. The van der Waals surface area contributed by atoms with Crippen LogP contribution in [0, 0.1) is 5.92 Å². The van der Waals surface area contributed by atoms with Gasteiger partial charge in [0.1, 0.15) is 5.75 Å². The van der Waals surface area contributed by atoms with Crippen molar-refractivity contribution >= 4 is 5.91 Å². The molecule has 0 saturated carbocycles. The van der Waals surface area contributed by atoms with Crippen LogP contribution in [-0.4, -0.2) is 28.6 Å². The fraction of sp³-hybridized carbons (Fsp3) is 0.333. The van der Waals surface area contributed by atoms with E-state index in [0.717, 1.165) is 0 Å². The Kier molecular flexibility index (Phi) is 6.11. The summed E-state index contributed by atoms with van der Waals surface area (Å²) < 4.78 is 5.58. The molecule has 2 rings (SSSR count). The molecule has 1 heterocycles. The highest BCUT2D eigenvalue weighted by Crippen LogP contribution is 2.18. The number of nitrogens with one attached hydrogen (secondary N) is 1. The highest BCUT2D eigenvalue weighted by molar-refractivity contribution is 5.93. The Hall–Kier alpha value is -2.40. The largest absolute Gasteiger partial charge is 0.439 e. The Morgan fingerprint density at radius 1 is 1.22 bits per heavy atom. The first-order valence-corrected chi connectivity index (χ1v) is 7.70. The van der Waals surface area contributed by atoms with Crippen LogP contribution in [0.3, 0.4) is 0 Å². The number of aliphatic hydroxyl groups is 1. The number of hydrogen-bond acceptors (Lipinski definition) is 4. The van der Waals surface area contributed by atoms with Gasteiger partial charge in [-0.2, -0.15) is 0 Å². The summed E-state index contributed by atoms with van der Waals surface area (Å²) in [6, 6.07) is 12.7. The van der Waals surface area contributed by atoms with E-state index in [9.17, 15) is 9.90 Å². The lowest BCUT2D eigenvalue weighted by Crippen LogP contribution is -2.29. The van der Waals surface area contributed by atoms with Crippen LogP contribution in [0.15, 0.2) is 48.7 Å². The van der Waals surface area contributed by atoms with E-state index in [-0.39, 0.29) is 17.9 Å². The number of aliphatic hydroxyl groups excluding tert-OH is 1. The molecule has 5 nitrogen and oxygen atoms in total. The molecule has 2 atom stereocenters. The molecular weight excluding hydrogens is 292 g/mol. The van der Waals surface area contributed by atoms with Crippen molar-refractivity contribution in [1.29, 1.82) is 0 Å². The van der Waals surface area contributed by atoms with Crippen molar-refractivity contribution in [1.82, 2.24) is 10.3 Å². The number of nitrogens with zero attached hydrogens (tertiary/aromatic N) is 1. The van der Waals surface area contributed by atoms with Crippen LogP contribution in [0.5, 0.6) is 11.6 Å². The van der Waals surface area contributed by atoms with Crippen LogP contribution in [0.4, 0.5) is 0 Å². The molecular formula is C18H22N2O3. The SMILES string of the molecule is CC(O)CC(C)CNC(=O)c1ccc(Oc2ccccc2)nc1. The molecule has 122 valence electrons. The number of carbonyl (C=O) groups excluding carboxylic acids is 1. The van der Waals surface area contributed by atoms with E-state index in [0.29, 0.717) is 30.2 Å². The Bertz CT molecular complexity index is 612. The van der Waals surface area contributed by atoms with Crippen LogP contribution in [0.2, 0.25) is 0 Å². The van der Waals surface area contributed by atoms with Crippen molar-refractivity contribution in [3.63, 3.8) is 0 Å². The number of hydrogen-bond donors (Lipinski definition) is 2. The Balaban J connectivity index is 1.87. The van der Waals surface area contributed by atoms with Crippen LogP contribution < -0.4 is 10.1 Å².